The van der Waals surface area contributed by atoms with E-state index in [-0.39, 0.29) is 33.5 Å². The van der Waals surface area contributed by atoms with Crippen molar-refractivity contribution in [2.24, 2.45) is 10.4 Å². The first-order valence-electron chi connectivity index (χ1n) is 7.72. The fourth-order valence-corrected chi connectivity index (χ4v) is 6.68. The summed E-state index contributed by atoms with van der Waals surface area (Å²) in [5, 5.41) is -0.0729. The molecule has 0 spiro atoms. The van der Waals surface area contributed by atoms with Crippen LogP contribution in [-0.4, -0.2) is 42.3 Å². The fraction of sp³-hybridized carbons (Fsp3) is 0.500. The number of aliphatic imine (C=N–C) groups is 1. The van der Waals surface area contributed by atoms with E-state index in [2.05, 4.69) is 4.99 Å². The Hall–Kier alpha value is -1.48. The minimum absolute atomic E-state index is 0.0268. The average molecular weight is 388 g/mol. The van der Waals surface area contributed by atoms with Gasteiger partial charge in [0.1, 0.15) is 11.6 Å². The van der Waals surface area contributed by atoms with Crippen molar-refractivity contribution in [1.29, 1.82) is 0 Å². The lowest BCUT2D eigenvalue weighted by Crippen LogP contribution is -2.38. The van der Waals surface area contributed by atoms with Gasteiger partial charge >= 0.3 is 0 Å². The number of amides is 1. The van der Waals surface area contributed by atoms with Crippen LogP contribution in [0.3, 0.4) is 0 Å². The number of fused-ring (bicyclic) bond motifs is 1. The number of amidine groups is 1. The number of sulfone groups is 1. The number of hydrogen-bond donors (Lipinski definition) is 0. The first kappa shape index (κ1) is 18.3. The minimum atomic E-state index is -3.25. The molecule has 9 heteroatoms. The molecule has 2 heterocycles. The number of thioether (sulfide) groups is 1. The van der Waals surface area contributed by atoms with Crippen molar-refractivity contribution in [2.75, 3.05) is 16.4 Å². The van der Waals surface area contributed by atoms with Crippen LogP contribution in [0.5, 0.6) is 0 Å². The van der Waals surface area contributed by atoms with Crippen molar-refractivity contribution in [3.63, 3.8) is 0 Å². The smallest absolute Gasteiger partial charge is 0.253 e. The molecule has 25 heavy (non-hydrogen) atoms. The molecule has 2 atom stereocenters. The zero-order valence-electron chi connectivity index (χ0n) is 14.0. The van der Waals surface area contributed by atoms with Crippen LogP contribution in [0.15, 0.2) is 23.2 Å². The molecule has 2 fully saturated rings. The van der Waals surface area contributed by atoms with Crippen molar-refractivity contribution < 1.29 is 22.0 Å². The van der Waals surface area contributed by atoms with Crippen LogP contribution in [0, 0.1) is 17.0 Å². The van der Waals surface area contributed by atoms with Crippen molar-refractivity contribution >= 4 is 38.4 Å². The summed E-state index contributed by atoms with van der Waals surface area (Å²) in [6.07, 6.45) is 0. The second kappa shape index (κ2) is 6.05. The molecule has 0 unspecified atom stereocenters. The summed E-state index contributed by atoms with van der Waals surface area (Å²) in [6.45, 7) is 5.15. The summed E-state index contributed by atoms with van der Waals surface area (Å²) in [7, 11) is -3.25. The lowest BCUT2D eigenvalue weighted by Gasteiger charge is -2.25. The van der Waals surface area contributed by atoms with Gasteiger partial charge in [-0.2, -0.15) is 4.99 Å². The molecule has 0 aliphatic carbocycles. The molecular formula is C16H18F2N2O3S2. The van der Waals surface area contributed by atoms with Gasteiger partial charge in [-0.15, -0.1) is 0 Å². The lowest BCUT2D eigenvalue weighted by atomic mass is 9.96. The Balaban J connectivity index is 2.07. The number of benzene rings is 1. The molecule has 0 radical (unpaired) electrons. The van der Waals surface area contributed by atoms with Crippen molar-refractivity contribution in [3.8, 4) is 0 Å². The van der Waals surface area contributed by atoms with E-state index >= 15 is 0 Å². The molecule has 1 aromatic rings. The van der Waals surface area contributed by atoms with Crippen LogP contribution in [0.25, 0.3) is 0 Å². The van der Waals surface area contributed by atoms with Gasteiger partial charge < -0.3 is 4.90 Å². The molecule has 2 saturated heterocycles. The summed E-state index contributed by atoms with van der Waals surface area (Å²) in [6, 6.07) is 2.56. The number of carbonyl (C=O) groups excluding carboxylic acids is 1. The number of anilines is 1. The third-order valence-corrected chi connectivity index (χ3v) is 7.28. The van der Waals surface area contributed by atoms with E-state index in [1.165, 1.54) is 11.0 Å². The number of nitrogens with zero attached hydrogens (tertiary/aromatic N) is 2. The van der Waals surface area contributed by atoms with E-state index in [1.807, 2.05) is 0 Å². The van der Waals surface area contributed by atoms with E-state index in [4.69, 9.17) is 0 Å². The number of hydrogen-bond acceptors (Lipinski definition) is 4. The molecule has 1 aromatic carbocycles. The minimum Gasteiger partial charge on any atom is -0.313 e. The first-order chi connectivity index (χ1) is 11.5. The summed E-state index contributed by atoms with van der Waals surface area (Å²) in [5.74, 6) is -2.13. The predicted octanol–water partition coefficient (Wildman–Crippen LogP) is 2.61. The third kappa shape index (κ3) is 3.57. The second-order valence-corrected chi connectivity index (χ2v) is 10.6. The maximum absolute atomic E-state index is 14.3. The van der Waals surface area contributed by atoms with Crippen LogP contribution >= 0.6 is 11.8 Å². The topological polar surface area (TPSA) is 66.8 Å². The number of halogens is 2. The van der Waals surface area contributed by atoms with Gasteiger partial charge in [-0.05, 0) is 12.1 Å². The molecule has 0 N–H and O–H groups in total. The number of carbonyl (C=O) groups is 1. The van der Waals surface area contributed by atoms with E-state index in [1.54, 1.807) is 20.8 Å². The predicted molar refractivity (Wildman–Crippen MR) is 94.6 cm³/mol. The maximum atomic E-state index is 14.3. The van der Waals surface area contributed by atoms with Gasteiger partial charge in [-0.25, -0.2) is 17.2 Å². The van der Waals surface area contributed by atoms with Crippen molar-refractivity contribution in [3.05, 3.63) is 29.8 Å². The Morgan fingerprint density at radius 1 is 1.28 bits per heavy atom. The molecule has 5 nitrogen and oxygen atoms in total. The highest BCUT2D eigenvalue weighted by molar-refractivity contribution is 8.16. The van der Waals surface area contributed by atoms with Crippen LogP contribution in [0.1, 0.15) is 20.8 Å². The molecular weight excluding hydrogens is 370 g/mol. The Morgan fingerprint density at radius 2 is 1.96 bits per heavy atom. The SMILES string of the molecule is CC(C)(C)C(=O)N=C1S[C@H]2CS(=O)(=O)C[C@@H]2N1c1ccc(F)cc1F. The van der Waals surface area contributed by atoms with Crippen LogP contribution in [0.2, 0.25) is 0 Å². The van der Waals surface area contributed by atoms with Gasteiger partial charge in [0.25, 0.3) is 5.91 Å². The third-order valence-electron chi connectivity index (χ3n) is 4.07. The molecule has 1 amide bonds. The largest absolute Gasteiger partial charge is 0.313 e. The van der Waals surface area contributed by atoms with Crippen LogP contribution in [-0.2, 0) is 14.6 Å². The van der Waals surface area contributed by atoms with Crippen LogP contribution in [0.4, 0.5) is 14.5 Å². The highest BCUT2D eigenvalue weighted by Gasteiger charge is 2.50. The fourth-order valence-electron chi connectivity index (χ4n) is 2.78. The van der Waals surface area contributed by atoms with Gasteiger partial charge in [0.05, 0.1) is 23.2 Å². The Morgan fingerprint density at radius 3 is 2.56 bits per heavy atom. The summed E-state index contributed by atoms with van der Waals surface area (Å²) < 4.78 is 51.5. The van der Waals surface area contributed by atoms with E-state index in [9.17, 15) is 22.0 Å². The molecule has 2 aliphatic heterocycles. The lowest BCUT2D eigenvalue weighted by molar-refractivity contribution is -0.124. The Labute approximate surface area is 149 Å². The quantitative estimate of drug-likeness (QED) is 0.740. The van der Waals surface area contributed by atoms with Gasteiger partial charge in [0.15, 0.2) is 15.0 Å². The van der Waals surface area contributed by atoms with Gasteiger partial charge in [-0.3, -0.25) is 4.79 Å². The van der Waals surface area contributed by atoms with Crippen LogP contribution < -0.4 is 4.90 Å². The molecule has 136 valence electrons. The first-order valence-corrected chi connectivity index (χ1v) is 10.4. The standard InChI is InChI=1S/C16H18F2N2O3S2/c1-16(2,3)14(21)19-15-20(11-5-4-9(17)6-10(11)18)12-7-25(22,23)8-13(12)24-15/h4-6,12-13H,7-8H2,1-3H3/t12-,13-/m0/s1. The monoisotopic (exact) mass is 388 g/mol. The molecule has 0 saturated carbocycles. The second-order valence-electron chi connectivity index (χ2n) is 7.22. The van der Waals surface area contributed by atoms with Gasteiger partial charge in [0.2, 0.25) is 0 Å². The highest BCUT2D eigenvalue weighted by Crippen LogP contribution is 2.42. The summed E-state index contributed by atoms with van der Waals surface area (Å²) >= 11 is 1.16. The summed E-state index contributed by atoms with van der Waals surface area (Å²) in [5.41, 5.74) is -0.691. The van der Waals surface area contributed by atoms with Crippen molar-refractivity contribution in [2.45, 2.75) is 32.1 Å². The van der Waals surface area contributed by atoms with Gasteiger partial charge in [0, 0.05) is 16.7 Å². The molecule has 0 aromatic heterocycles. The molecule has 3 rings (SSSR count). The maximum Gasteiger partial charge on any atom is 0.253 e. The van der Waals surface area contributed by atoms with E-state index in [0.717, 1.165) is 23.9 Å². The molecule has 0 bridgehead atoms. The normalized spacial score (nSPS) is 26.9. The summed E-state index contributed by atoms with van der Waals surface area (Å²) in [4.78, 5) is 17.8. The molecule has 2 aliphatic rings. The zero-order chi connectivity index (χ0) is 18.6. The zero-order valence-corrected chi connectivity index (χ0v) is 15.6. The van der Waals surface area contributed by atoms with Gasteiger partial charge in [-0.1, -0.05) is 32.5 Å². The van der Waals surface area contributed by atoms with E-state index < -0.39 is 32.9 Å². The Bertz CT molecular complexity index is 863. The number of rotatable bonds is 1. The Kier molecular flexibility index (Phi) is 4.43. The van der Waals surface area contributed by atoms with Crippen molar-refractivity contribution in [1.82, 2.24) is 0 Å². The van der Waals surface area contributed by atoms with E-state index in [0.29, 0.717) is 0 Å². The highest BCUT2D eigenvalue weighted by atomic mass is 32.2. The average Bonchev–Trinajstić information content (AvgIpc) is 2.90.